The number of guanidine groups is 1. The van der Waals surface area contributed by atoms with E-state index >= 15 is 0 Å². The zero-order chi connectivity index (χ0) is 15.6. The molecule has 0 aromatic carbocycles. The van der Waals surface area contributed by atoms with Crippen molar-refractivity contribution in [2.45, 2.75) is 26.2 Å². The number of ether oxygens (including phenoxy) is 1. The average molecular weight is 320 g/mol. The number of hydrogen-bond donors (Lipinski definition) is 3. The smallest absolute Gasteiger partial charge is 0.211 e. The van der Waals surface area contributed by atoms with Gasteiger partial charge >= 0.3 is 0 Å². The van der Waals surface area contributed by atoms with Gasteiger partial charge in [-0.25, -0.2) is 13.1 Å². The quantitative estimate of drug-likeness (QED) is 0.281. The van der Waals surface area contributed by atoms with Crippen LogP contribution in [0.25, 0.3) is 0 Å². The number of hydrogen-bond acceptors (Lipinski definition) is 4. The standard InChI is InChI=1S/C13H28N4O3S/c1-3-21(18,19)17-9-8-16-13(14-2)15-7-4-10-20-11-12-5-6-12/h12,17H,3-11H2,1-2H3,(H2,14,15,16). The Balaban J connectivity index is 1.97. The summed E-state index contributed by atoms with van der Waals surface area (Å²) in [5, 5.41) is 6.22. The minimum Gasteiger partial charge on any atom is -0.381 e. The minimum atomic E-state index is -3.12. The van der Waals surface area contributed by atoms with Crippen LogP contribution in [0, 0.1) is 5.92 Å². The van der Waals surface area contributed by atoms with Gasteiger partial charge in [-0.05, 0) is 32.1 Å². The molecular formula is C13H28N4O3S. The molecule has 1 aliphatic rings. The Bertz CT molecular complexity index is 408. The molecule has 124 valence electrons. The summed E-state index contributed by atoms with van der Waals surface area (Å²) >= 11 is 0. The van der Waals surface area contributed by atoms with Gasteiger partial charge in [-0.2, -0.15) is 0 Å². The third-order valence-corrected chi connectivity index (χ3v) is 4.56. The Morgan fingerprint density at radius 3 is 2.57 bits per heavy atom. The van der Waals surface area contributed by atoms with Gasteiger partial charge in [0.15, 0.2) is 5.96 Å². The SMILES string of the molecule is CCS(=O)(=O)NCCNC(=NC)NCCCOCC1CC1. The molecule has 0 aliphatic heterocycles. The lowest BCUT2D eigenvalue weighted by molar-refractivity contribution is 0.123. The highest BCUT2D eigenvalue weighted by Crippen LogP contribution is 2.28. The first-order chi connectivity index (χ1) is 10.1. The molecule has 8 heteroatoms. The monoisotopic (exact) mass is 320 g/mol. The van der Waals surface area contributed by atoms with E-state index in [0.29, 0.717) is 19.0 Å². The molecule has 0 bridgehead atoms. The van der Waals surface area contributed by atoms with Crippen molar-refractivity contribution in [2.75, 3.05) is 45.6 Å². The van der Waals surface area contributed by atoms with Crippen LogP contribution in [0.4, 0.5) is 0 Å². The van der Waals surface area contributed by atoms with Crippen molar-refractivity contribution in [3.63, 3.8) is 0 Å². The first-order valence-corrected chi connectivity index (χ1v) is 9.22. The summed E-state index contributed by atoms with van der Waals surface area (Å²) in [4.78, 5) is 4.07. The summed E-state index contributed by atoms with van der Waals surface area (Å²) in [5.74, 6) is 1.58. The third-order valence-electron chi connectivity index (χ3n) is 3.15. The summed E-state index contributed by atoms with van der Waals surface area (Å²) in [5.41, 5.74) is 0. The van der Waals surface area contributed by atoms with E-state index in [2.05, 4.69) is 20.3 Å². The predicted molar refractivity (Wildman–Crippen MR) is 85.0 cm³/mol. The van der Waals surface area contributed by atoms with Crippen LogP contribution in [0.15, 0.2) is 4.99 Å². The lowest BCUT2D eigenvalue weighted by atomic mass is 10.4. The molecule has 0 aromatic heterocycles. The molecule has 0 spiro atoms. The first-order valence-electron chi connectivity index (χ1n) is 7.57. The van der Waals surface area contributed by atoms with E-state index in [4.69, 9.17) is 4.74 Å². The molecule has 0 atom stereocenters. The molecule has 1 rings (SSSR count). The van der Waals surface area contributed by atoms with Gasteiger partial charge in [-0.1, -0.05) is 0 Å². The van der Waals surface area contributed by atoms with E-state index in [-0.39, 0.29) is 5.75 Å². The van der Waals surface area contributed by atoms with Gasteiger partial charge in [-0.15, -0.1) is 0 Å². The van der Waals surface area contributed by atoms with Gasteiger partial charge in [0.25, 0.3) is 0 Å². The summed E-state index contributed by atoms with van der Waals surface area (Å²) in [6.07, 6.45) is 3.56. The maximum atomic E-state index is 11.2. The Hall–Kier alpha value is -0.860. The maximum absolute atomic E-state index is 11.2. The van der Waals surface area contributed by atoms with Crippen LogP contribution in [0.1, 0.15) is 26.2 Å². The summed E-state index contributed by atoms with van der Waals surface area (Å²) < 4.78 is 30.5. The lowest BCUT2D eigenvalue weighted by Gasteiger charge is -2.12. The maximum Gasteiger partial charge on any atom is 0.211 e. The number of rotatable bonds is 11. The Labute approximate surface area is 128 Å². The minimum absolute atomic E-state index is 0.0980. The van der Waals surface area contributed by atoms with E-state index in [9.17, 15) is 8.42 Å². The van der Waals surface area contributed by atoms with Crippen LogP contribution in [-0.4, -0.2) is 60.0 Å². The molecule has 7 nitrogen and oxygen atoms in total. The third kappa shape index (κ3) is 9.65. The molecule has 0 unspecified atom stereocenters. The van der Waals surface area contributed by atoms with Crippen molar-refractivity contribution in [2.24, 2.45) is 10.9 Å². The van der Waals surface area contributed by atoms with E-state index in [1.54, 1.807) is 14.0 Å². The van der Waals surface area contributed by atoms with Gasteiger partial charge in [0.1, 0.15) is 0 Å². The van der Waals surface area contributed by atoms with E-state index in [0.717, 1.165) is 32.1 Å². The zero-order valence-electron chi connectivity index (χ0n) is 13.0. The summed E-state index contributed by atoms with van der Waals surface area (Å²) in [7, 11) is -1.43. The van der Waals surface area contributed by atoms with Crippen molar-refractivity contribution in [3.8, 4) is 0 Å². The number of nitrogens with one attached hydrogen (secondary N) is 3. The van der Waals surface area contributed by atoms with Gasteiger partial charge in [0.05, 0.1) is 5.75 Å². The largest absolute Gasteiger partial charge is 0.381 e. The van der Waals surface area contributed by atoms with E-state index < -0.39 is 10.0 Å². The summed E-state index contributed by atoms with van der Waals surface area (Å²) in [6, 6.07) is 0. The van der Waals surface area contributed by atoms with Crippen LogP contribution in [-0.2, 0) is 14.8 Å². The number of aliphatic imine (C=N–C) groups is 1. The van der Waals surface area contributed by atoms with Crippen LogP contribution >= 0.6 is 0 Å². The van der Waals surface area contributed by atoms with E-state index in [1.807, 2.05) is 0 Å². The topological polar surface area (TPSA) is 91.8 Å². The van der Waals surface area contributed by atoms with E-state index in [1.165, 1.54) is 12.8 Å². The average Bonchev–Trinajstić information content (AvgIpc) is 3.29. The highest BCUT2D eigenvalue weighted by Gasteiger charge is 2.20. The highest BCUT2D eigenvalue weighted by atomic mass is 32.2. The second-order valence-corrected chi connectivity index (χ2v) is 7.19. The van der Waals surface area contributed by atoms with Crippen LogP contribution in [0.3, 0.4) is 0 Å². The van der Waals surface area contributed by atoms with Crippen molar-refractivity contribution in [1.29, 1.82) is 0 Å². The molecule has 1 aliphatic carbocycles. The molecule has 0 saturated heterocycles. The Kier molecular flexibility index (Phi) is 8.63. The zero-order valence-corrected chi connectivity index (χ0v) is 13.8. The first kappa shape index (κ1) is 18.2. The molecule has 0 amide bonds. The molecule has 0 aromatic rings. The van der Waals surface area contributed by atoms with Crippen LogP contribution in [0.2, 0.25) is 0 Å². The van der Waals surface area contributed by atoms with Gasteiger partial charge in [-0.3, -0.25) is 4.99 Å². The fraction of sp³-hybridized carbons (Fsp3) is 0.923. The number of nitrogens with zero attached hydrogens (tertiary/aromatic N) is 1. The Morgan fingerprint density at radius 2 is 1.95 bits per heavy atom. The van der Waals surface area contributed by atoms with Crippen molar-refractivity contribution >= 4 is 16.0 Å². The molecule has 21 heavy (non-hydrogen) atoms. The van der Waals surface area contributed by atoms with Crippen LogP contribution < -0.4 is 15.4 Å². The normalized spacial score (nSPS) is 16.0. The Morgan fingerprint density at radius 1 is 1.24 bits per heavy atom. The van der Waals surface area contributed by atoms with Gasteiger partial charge in [0, 0.05) is 39.9 Å². The fourth-order valence-corrected chi connectivity index (χ4v) is 2.24. The highest BCUT2D eigenvalue weighted by molar-refractivity contribution is 7.89. The number of sulfonamides is 1. The molecule has 1 fully saturated rings. The molecule has 0 heterocycles. The van der Waals surface area contributed by atoms with Crippen molar-refractivity contribution in [3.05, 3.63) is 0 Å². The lowest BCUT2D eigenvalue weighted by Crippen LogP contribution is -2.42. The molecular weight excluding hydrogens is 292 g/mol. The predicted octanol–water partition coefficient (Wildman–Crippen LogP) is -0.0926. The molecule has 3 N–H and O–H groups in total. The fourth-order valence-electron chi connectivity index (χ4n) is 1.63. The van der Waals surface area contributed by atoms with Gasteiger partial charge in [0.2, 0.25) is 10.0 Å². The van der Waals surface area contributed by atoms with Gasteiger partial charge < -0.3 is 15.4 Å². The van der Waals surface area contributed by atoms with Crippen molar-refractivity contribution < 1.29 is 13.2 Å². The molecule has 1 saturated carbocycles. The second-order valence-electron chi connectivity index (χ2n) is 5.10. The van der Waals surface area contributed by atoms with Crippen molar-refractivity contribution in [1.82, 2.24) is 15.4 Å². The second kappa shape index (κ2) is 9.97. The van der Waals surface area contributed by atoms with Crippen LogP contribution in [0.5, 0.6) is 0 Å². The summed E-state index contributed by atoms with van der Waals surface area (Å²) in [6.45, 7) is 4.90. The molecule has 0 radical (unpaired) electrons.